The second-order valence-corrected chi connectivity index (χ2v) is 13.6. The fourth-order valence-electron chi connectivity index (χ4n) is 9.24. The van der Waals surface area contributed by atoms with Crippen LogP contribution in [-0.2, 0) is 0 Å². The number of aliphatic hydroxyl groups is 1. The van der Waals surface area contributed by atoms with Crippen molar-refractivity contribution in [3.8, 4) is 0 Å². The van der Waals surface area contributed by atoms with Crippen LogP contribution in [0, 0.1) is 34.0 Å². The molecule has 0 radical (unpaired) electrons. The number of allylic oxidation sites excluding steroid dienone is 4. The van der Waals surface area contributed by atoms with Gasteiger partial charge in [0.25, 0.3) is 0 Å². The Balaban J connectivity index is 1.32. The second kappa shape index (κ2) is 8.49. The van der Waals surface area contributed by atoms with E-state index in [1.165, 1.54) is 77.7 Å². The van der Waals surface area contributed by atoms with E-state index in [1.807, 2.05) is 0 Å². The van der Waals surface area contributed by atoms with Crippen LogP contribution in [0.5, 0.6) is 0 Å². The highest BCUT2D eigenvalue weighted by molar-refractivity contribution is 5.49. The predicted octanol–water partition coefficient (Wildman–Crippen LogP) is 5.90. The number of aliphatic hydroxyl groups excluding tert-OH is 1. The van der Waals surface area contributed by atoms with Crippen molar-refractivity contribution in [2.24, 2.45) is 34.0 Å². The van der Waals surface area contributed by atoms with Crippen molar-refractivity contribution >= 4 is 0 Å². The van der Waals surface area contributed by atoms with E-state index in [4.69, 9.17) is 0 Å². The third-order valence-corrected chi connectivity index (χ3v) is 11.6. The van der Waals surface area contributed by atoms with E-state index in [0.29, 0.717) is 16.7 Å². The van der Waals surface area contributed by atoms with Crippen LogP contribution in [-0.4, -0.2) is 60.8 Å². The minimum Gasteiger partial charge on any atom is -0.393 e. The van der Waals surface area contributed by atoms with Gasteiger partial charge in [0.15, 0.2) is 0 Å². The van der Waals surface area contributed by atoms with Crippen molar-refractivity contribution in [1.82, 2.24) is 9.80 Å². The molecule has 0 amide bonds. The Morgan fingerprint density at radius 2 is 1.73 bits per heavy atom. The van der Waals surface area contributed by atoms with Gasteiger partial charge in [0.2, 0.25) is 0 Å². The van der Waals surface area contributed by atoms with Gasteiger partial charge in [0.1, 0.15) is 0 Å². The molecule has 186 valence electrons. The molecule has 1 saturated carbocycles. The lowest BCUT2D eigenvalue weighted by atomic mass is 9.46. The largest absolute Gasteiger partial charge is 0.393 e. The molecule has 0 spiro atoms. The van der Waals surface area contributed by atoms with E-state index in [2.05, 4.69) is 57.5 Å². The number of fused-ring (bicyclic) bond motifs is 4. The topological polar surface area (TPSA) is 26.7 Å². The third-order valence-electron chi connectivity index (χ3n) is 11.6. The Hall–Kier alpha value is -0.640. The maximum absolute atomic E-state index is 10.8. The van der Waals surface area contributed by atoms with Gasteiger partial charge in [0.05, 0.1) is 6.10 Å². The maximum Gasteiger partial charge on any atom is 0.0594 e. The van der Waals surface area contributed by atoms with Crippen LogP contribution in [0.3, 0.4) is 0 Å². The van der Waals surface area contributed by atoms with Gasteiger partial charge in [-0.25, -0.2) is 0 Å². The van der Waals surface area contributed by atoms with Crippen molar-refractivity contribution in [3.05, 3.63) is 22.8 Å². The number of piperazine rings is 1. The molecule has 6 atom stereocenters. The molecule has 4 aliphatic carbocycles. The fraction of sp³-hybridized carbons (Fsp3) is 0.867. The molecule has 2 fully saturated rings. The number of likely N-dealkylation sites (N-methyl/N-ethyl adjacent to an activating group) is 1. The summed E-state index contributed by atoms with van der Waals surface area (Å²) < 4.78 is 0. The summed E-state index contributed by atoms with van der Waals surface area (Å²) in [6.45, 7) is 18.6. The predicted molar refractivity (Wildman–Crippen MR) is 138 cm³/mol. The van der Waals surface area contributed by atoms with Crippen molar-refractivity contribution in [2.45, 2.75) is 92.1 Å². The van der Waals surface area contributed by atoms with Gasteiger partial charge >= 0.3 is 0 Å². The highest BCUT2D eigenvalue weighted by Crippen LogP contribution is 2.66. The minimum atomic E-state index is -0.136. The van der Waals surface area contributed by atoms with Gasteiger partial charge in [-0.05, 0) is 110 Å². The highest BCUT2D eigenvalue weighted by atomic mass is 16.3. The molecule has 0 aromatic carbocycles. The molecule has 5 aliphatic rings. The molecule has 1 N–H and O–H groups in total. The van der Waals surface area contributed by atoms with Crippen LogP contribution in [0.1, 0.15) is 86.0 Å². The summed E-state index contributed by atoms with van der Waals surface area (Å²) in [6, 6.07) is 0. The lowest BCUT2D eigenvalue weighted by molar-refractivity contribution is -0.0905. The Bertz CT molecular complexity index is 819. The molecular formula is C30H50N2O. The zero-order valence-electron chi connectivity index (χ0n) is 22.4. The zero-order chi connectivity index (χ0) is 23.6. The molecule has 1 aliphatic heterocycles. The quantitative estimate of drug-likeness (QED) is 0.573. The maximum atomic E-state index is 10.8. The van der Waals surface area contributed by atoms with Gasteiger partial charge < -0.3 is 14.9 Å². The van der Waals surface area contributed by atoms with E-state index in [0.717, 1.165) is 18.3 Å². The van der Waals surface area contributed by atoms with Crippen LogP contribution >= 0.6 is 0 Å². The van der Waals surface area contributed by atoms with Gasteiger partial charge in [-0.15, -0.1) is 0 Å². The van der Waals surface area contributed by atoms with Crippen LogP contribution in [0.2, 0.25) is 0 Å². The molecule has 1 saturated heterocycles. The number of nitrogens with zero attached hydrogens (tertiary/aromatic N) is 2. The van der Waals surface area contributed by atoms with Crippen molar-refractivity contribution in [2.75, 3.05) is 39.8 Å². The fourth-order valence-corrected chi connectivity index (χ4v) is 9.24. The van der Waals surface area contributed by atoms with Gasteiger partial charge in [0, 0.05) is 26.2 Å². The number of hydrogen-bond donors (Lipinski definition) is 1. The Labute approximate surface area is 203 Å². The van der Waals surface area contributed by atoms with E-state index in [9.17, 15) is 5.11 Å². The third kappa shape index (κ3) is 3.80. The lowest BCUT2D eigenvalue weighted by Crippen LogP contribution is -2.53. The van der Waals surface area contributed by atoms with E-state index < -0.39 is 0 Å². The number of rotatable bonds is 4. The molecular weight excluding hydrogens is 404 g/mol. The average Bonchev–Trinajstić information content (AvgIpc) is 3.13. The van der Waals surface area contributed by atoms with Crippen LogP contribution in [0.15, 0.2) is 22.8 Å². The van der Waals surface area contributed by atoms with E-state index >= 15 is 0 Å². The molecule has 3 heteroatoms. The SMILES string of the molecule is CC(CCN1CCN(C)CC1)C1CC=C2C3=C(CCC21C)C1(C)CCC(O)C(C)(C)C1CC3. The highest BCUT2D eigenvalue weighted by Gasteiger charge is 2.57. The summed E-state index contributed by atoms with van der Waals surface area (Å²) in [5.74, 6) is 2.22. The van der Waals surface area contributed by atoms with Crippen molar-refractivity contribution in [3.63, 3.8) is 0 Å². The van der Waals surface area contributed by atoms with Gasteiger partial charge in [-0.2, -0.15) is 0 Å². The molecule has 6 unspecified atom stereocenters. The summed E-state index contributed by atoms with van der Waals surface area (Å²) in [5, 5.41) is 10.8. The average molecular weight is 455 g/mol. The summed E-state index contributed by atoms with van der Waals surface area (Å²) in [5.41, 5.74) is 6.04. The first-order valence-corrected chi connectivity index (χ1v) is 14.1. The van der Waals surface area contributed by atoms with Crippen LogP contribution < -0.4 is 0 Å². The van der Waals surface area contributed by atoms with Crippen molar-refractivity contribution in [1.29, 1.82) is 0 Å². The molecule has 33 heavy (non-hydrogen) atoms. The zero-order valence-corrected chi connectivity index (χ0v) is 22.4. The van der Waals surface area contributed by atoms with E-state index in [1.54, 1.807) is 16.7 Å². The Kier molecular flexibility index (Phi) is 6.19. The normalized spacial score (nSPS) is 42.4. The molecule has 0 bridgehead atoms. The summed E-state index contributed by atoms with van der Waals surface area (Å²) in [7, 11) is 2.25. The van der Waals surface area contributed by atoms with Gasteiger partial charge in [-0.1, -0.05) is 46.3 Å². The lowest BCUT2D eigenvalue weighted by Gasteiger charge is -2.59. The molecule has 3 nitrogen and oxygen atoms in total. The summed E-state index contributed by atoms with van der Waals surface area (Å²) in [6.07, 6.45) is 12.5. The minimum absolute atomic E-state index is 0.0383. The molecule has 0 aromatic heterocycles. The Morgan fingerprint density at radius 1 is 1.00 bits per heavy atom. The molecule has 5 rings (SSSR count). The first kappa shape index (κ1) is 24.1. The van der Waals surface area contributed by atoms with Crippen molar-refractivity contribution < 1.29 is 5.11 Å². The van der Waals surface area contributed by atoms with Gasteiger partial charge in [-0.3, -0.25) is 0 Å². The second-order valence-electron chi connectivity index (χ2n) is 13.6. The number of hydrogen-bond acceptors (Lipinski definition) is 3. The molecule has 1 heterocycles. The van der Waals surface area contributed by atoms with Crippen LogP contribution in [0.25, 0.3) is 0 Å². The summed E-state index contributed by atoms with van der Waals surface area (Å²) >= 11 is 0. The van der Waals surface area contributed by atoms with E-state index in [-0.39, 0.29) is 11.5 Å². The first-order valence-electron chi connectivity index (χ1n) is 14.1. The Morgan fingerprint density at radius 3 is 2.45 bits per heavy atom. The van der Waals surface area contributed by atoms with Crippen LogP contribution in [0.4, 0.5) is 0 Å². The molecule has 0 aromatic rings. The summed E-state index contributed by atoms with van der Waals surface area (Å²) in [4.78, 5) is 5.16. The monoisotopic (exact) mass is 454 g/mol. The standard InChI is InChI=1S/C30H50N2O/c1-21(13-16-32-19-17-31(6)18-20-32)23-8-9-24-22-7-10-26-28(2,3)27(33)12-15-30(26,5)25(22)11-14-29(23,24)4/h9,21,23,26-27,33H,7-8,10-20H2,1-6H3. The first-order chi connectivity index (χ1) is 15.6. The smallest absolute Gasteiger partial charge is 0.0594 e.